The summed E-state index contributed by atoms with van der Waals surface area (Å²) in [5.41, 5.74) is 6.19. The third-order valence-corrected chi connectivity index (χ3v) is 2.33. The summed E-state index contributed by atoms with van der Waals surface area (Å²) in [5.74, 6) is -0.0954. The molecule has 1 rings (SSSR count). The zero-order valence-corrected chi connectivity index (χ0v) is 9.97. The first-order chi connectivity index (χ1) is 8.10. The molecule has 5 heteroatoms. The highest BCUT2D eigenvalue weighted by Gasteiger charge is 2.17. The Bertz CT molecular complexity index is 392. The fraction of sp³-hybridized carbons (Fsp3) is 0.417. The molecule has 5 nitrogen and oxygen atoms in total. The molecule has 0 spiro atoms. The van der Waals surface area contributed by atoms with Crippen LogP contribution in [0.5, 0.6) is 11.5 Å². The molecule has 1 aromatic carbocycles. The Labute approximate surface area is 100 Å². The van der Waals surface area contributed by atoms with Crippen LogP contribution in [0.25, 0.3) is 0 Å². The van der Waals surface area contributed by atoms with Crippen molar-refractivity contribution in [2.75, 3.05) is 13.7 Å². The van der Waals surface area contributed by atoms with E-state index in [-0.39, 0.29) is 12.2 Å². The molecule has 0 aliphatic rings. The van der Waals surface area contributed by atoms with E-state index in [4.69, 9.17) is 10.5 Å². The summed E-state index contributed by atoms with van der Waals surface area (Å²) in [4.78, 5) is 11.2. The van der Waals surface area contributed by atoms with E-state index in [1.54, 1.807) is 18.2 Å². The predicted molar refractivity (Wildman–Crippen MR) is 63.0 cm³/mol. The molecule has 0 amide bonds. The maximum absolute atomic E-state index is 11.2. The van der Waals surface area contributed by atoms with Crippen LogP contribution in [0.1, 0.15) is 12.5 Å². The molecule has 0 heterocycles. The molecule has 0 aliphatic heterocycles. The number of nitrogens with two attached hydrogens (primary N) is 1. The highest BCUT2D eigenvalue weighted by Crippen LogP contribution is 2.30. The zero-order valence-electron chi connectivity index (χ0n) is 9.97. The number of para-hydroxylation sites is 1. The summed E-state index contributed by atoms with van der Waals surface area (Å²) in [7, 11) is 1.28. The Kier molecular flexibility index (Phi) is 4.78. The van der Waals surface area contributed by atoms with Gasteiger partial charge in [-0.25, -0.2) is 0 Å². The Balaban J connectivity index is 2.84. The van der Waals surface area contributed by atoms with Crippen molar-refractivity contribution < 1.29 is 19.4 Å². The quantitative estimate of drug-likeness (QED) is 0.744. The number of carbonyl (C=O) groups is 1. The molecule has 0 aromatic heterocycles. The van der Waals surface area contributed by atoms with Crippen molar-refractivity contribution in [1.82, 2.24) is 0 Å². The molecule has 0 aliphatic carbocycles. The SMILES string of the molecule is CCOc1cccc(CC(N)C(=O)OC)c1O. The molecule has 1 unspecified atom stereocenters. The maximum atomic E-state index is 11.2. The molecule has 0 saturated heterocycles. The van der Waals surface area contributed by atoms with Gasteiger partial charge in [0, 0.05) is 6.42 Å². The van der Waals surface area contributed by atoms with Gasteiger partial charge in [-0.15, -0.1) is 0 Å². The predicted octanol–water partition coefficient (Wildman–Crippen LogP) is 0.834. The lowest BCUT2D eigenvalue weighted by molar-refractivity contribution is -0.142. The van der Waals surface area contributed by atoms with Crippen LogP contribution in [0.2, 0.25) is 0 Å². The molecule has 0 radical (unpaired) electrons. The normalized spacial score (nSPS) is 11.9. The number of hydrogen-bond donors (Lipinski definition) is 2. The van der Waals surface area contributed by atoms with Crippen molar-refractivity contribution in [3.05, 3.63) is 23.8 Å². The number of esters is 1. The summed E-state index contributed by atoms with van der Waals surface area (Å²) >= 11 is 0. The van der Waals surface area contributed by atoms with Crippen molar-refractivity contribution in [3.8, 4) is 11.5 Å². The standard InChI is InChI=1S/C12H17NO4/c1-3-17-10-6-4-5-8(11(10)14)7-9(13)12(15)16-2/h4-6,9,14H,3,7,13H2,1-2H3. The molecule has 94 valence electrons. The molecular formula is C12H17NO4. The van der Waals surface area contributed by atoms with Crippen LogP contribution in [0.4, 0.5) is 0 Å². The van der Waals surface area contributed by atoms with Crippen molar-refractivity contribution >= 4 is 5.97 Å². The fourth-order valence-corrected chi connectivity index (χ4v) is 1.48. The number of benzene rings is 1. The molecule has 0 saturated carbocycles. The Morgan fingerprint density at radius 1 is 1.53 bits per heavy atom. The van der Waals surface area contributed by atoms with Crippen LogP contribution >= 0.6 is 0 Å². The smallest absolute Gasteiger partial charge is 0.322 e. The van der Waals surface area contributed by atoms with Crippen molar-refractivity contribution in [2.24, 2.45) is 5.73 Å². The van der Waals surface area contributed by atoms with E-state index in [9.17, 15) is 9.90 Å². The first kappa shape index (κ1) is 13.3. The average Bonchev–Trinajstić information content (AvgIpc) is 2.33. The minimum atomic E-state index is -0.789. The largest absolute Gasteiger partial charge is 0.504 e. The van der Waals surface area contributed by atoms with Crippen molar-refractivity contribution in [3.63, 3.8) is 0 Å². The second-order valence-electron chi connectivity index (χ2n) is 3.53. The highest BCUT2D eigenvalue weighted by molar-refractivity contribution is 5.76. The van der Waals surface area contributed by atoms with Crippen molar-refractivity contribution in [2.45, 2.75) is 19.4 Å². The Hall–Kier alpha value is -1.75. The van der Waals surface area contributed by atoms with E-state index in [2.05, 4.69) is 4.74 Å². The van der Waals surface area contributed by atoms with Gasteiger partial charge in [-0.2, -0.15) is 0 Å². The number of hydrogen-bond acceptors (Lipinski definition) is 5. The van der Waals surface area contributed by atoms with E-state index < -0.39 is 12.0 Å². The summed E-state index contributed by atoms with van der Waals surface area (Å²) in [5, 5.41) is 9.89. The summed E-state index contributed by atoms with van der Waals surface area (Å²) in [6, 6.07) is 4.30. The van der Waals surface area contributed by atoms with E-state index in [1.165, 1.54) is 7.11 Å². The summed E-state index contributed by atoms with van der Waals surface area (Å²) in [6.45, 7) is 2.28. The van der Waals surface area contributed by atoms with Gasteiger partial charge >= 0.3 is 5.97 Å². The van der Waals surface area contributed by atoms with Crippen LogP contribution in [0.3, 0.4) is 0 Å². The lowest BCUT2D eigenvalue weighted by Gasteiger charge is -2.13. The van der Waals surface area contributed by atoms with Gasteiger partial charge < -0.3 is 20.3 Å². The first-order valence-corrected chi connectivity index (χ1v) is 5.37. The second-order valence-corrected chi connectivity index (χ2v) is 3.53. The van der Waals surface area contributed by atoms with Gasteiger partial charge in [0.2, 0.25) is 0 Å². The van der Waals surface area contributed by atoms with Crippen LogP contribution < -0.4 is 10.5 Å². The van der Waals surface area contributed by atoms with Gasteiger partial charge in [-0.3, -0.25) is 4.79 Å². The Morgan fingerprint density at radius 2 is 2.24 bits per heavy atom. The zero-order chi connectivity index (χ0) is 12.8. The van der Waals surface area contributed by atoms with E-state index >= 15 is 0 Å². The number of rotatable bonds is 5. The number of phenolic OH excluding ortho intramolecular Hbond substituents is 1. The summed E-state index contributed by atoms with van der Waals surface area (Å²) in [6.07, 6.45) is 0.208. The topological polar surface area (TPSA) is 81.8 Å². The summed E-state index contributed by atoms with van der Waals surface area (Å²) < 4.78 is 9.76. The lowest BCUT2D eigenvalue weighted by atomic mass is 10.1. The van der Waals surface area contributed by atoms with E-state index in [0.29, 0.717) is 17.9 Å². The first-order valence-electron chi connectivity index (χ1n) is 5.37. The van der Waals surface area contributed by atoms with E-state index in [0.717, 1.165) is 0 Å². The van der Waals surface area contributed by atoms with Gasteiger partial charge in [0.25, 0.3) is 0 Å². The van der Waals surface area contributed by atoms with Gasteiger partial charge in [0.15, 0.2) is 11.5 Å². The van der Waals surface area contributed by atoms with Gasteiger partial charge in [-0.05, 0) is 18.6 Å². The highest BCUT2D eigenvalue weighted by atomic mass is 16.5. The molecule has 0 fully saturated rings. The van der Waals surface area contributed by atoms with E-state index in [1.807, 2.05) is 6.92 Å². The number of methoxy groups -OCH3 is 1. The van der Waals surface area contributed by atoms with Gasteiger partial charge in [0.1, 0.15) is 6.04 Å². The maximum Gasteiger partial charge on any atom is 0.322 e. The molecule has 17 heavy (non-hydrogen) atoms. The van der Waals surface area contributed by atoms with Gasteiger partial charge in [-0.1, -0.05) is 12.1 Å². The molecule has 0 bridgehead atoms. The molecular weight excluding hydrogens is 222 g/mol. The van der Waals surface area contributed by atoms with Crippen LogP contribution in [0, 0.1) is 0 Å². The Morgan fingerprint density at radius 3 is 2.82 bits per heavy atom. The third-order valence-electron chi connectivity index (χ3n) is 2.33. The number of carbonyl (C=O) groups excluding carboxylic acids is 1. The minimum absolute atomic E-state index is 0.0219. The van der Waals surface area contributed by atoms with Crippen molar-refractivity contribution in [1.29, 1.82) is 0 Å². The average molecular weight is 239 g/mol. The number of aromatic hydroxyl groups is 1. The minimum Gasteiger partial charge on any atom is -0.504 e. The number of ether oxygens (including phenoxy) is 2. The second kappa shape index (κ2) is 6.10. The van der Waals surface area contributed by atoms with Crippen LogP contribution in [-0.2, 0) is 16.0 Å². The fourth-order valence-electron chi connectivity index (χ4n) is 1.48. The lowest BCUT2D eigenvalue weighted by Crippen LogP contribution is -2.33. The van der Waals surface area contributed by atoms with Crippen LogP contribution in [-0.4, -0.2) is 30.8 Å². The molecule has 1 atom stereocenters. The van der Waals surface area contributed by atoms with Crippen LogP contribution in [0.15, 0.2) is 18.2 Å². The molecule has 3 N–H and O–H groups in total. The molecule has 1 aromatic rings. The van der Waals surface area contributed by atoms with Gasteiger partial charge in [0.05, 0.1) is 13.7 Å². The monoisotopic (exact) mass is 239 g/mol. The number of phenols is 1. The third kappa shape index (κ3) is 3.35.